The average Bonchev–Trinajstić information content (AvgIpc) is 3.18. The number of carbonyl (C=O) groups excluding carboxylic acids is 1. The number of allylic oxidation sites excluding steroid dienone is 3. The Morgan fingerprint density at radius 2 is 2.10 bits per heavy atom. The third-order valence-corrected chi connectivity index (χ3v) is 8.21. The summed E-state index contributed by atoms with van der Waals surface area (Å²) in [5.41, 5.74) is 10.2. The highest BCUT2D eigenvalue weighted by Gasteiger charge is 2.41. The largest absolute Gasteiger partial charge is 0.384 e. The number of hydrogen-bond acceptors (Lipinski definition) is 6. The number of nitrogens with zero attached hydrogens (tertiary/aromatic N) is 2. The molecule has 1 unspecified atom stereocenters. The van der Waals surface area contributed by atoms with Crippen molar-refractivity contribution < 1.29 is 4.79 Å². The molecule has 0 spiro atoms. The number of halogens is 2. The highest BCUT2D eigenvalue weighted by molar-refractivity contribution is 8.01. The Kier molecular flexibility index (Phi) is 6.17. The molecule has 8 heteroatoms. The quantitative estimate of drug-likeness (QED) is 0.512. The molecule has 1 aromatic heterocycles. The zero-order valence-electron chi connectivity index (χ0n) is 16.2. The van der Waals surface area contributed by atoms with E-state index in [1.54, 1.807) is 35.2 Å². The third-order valence-electron chi connectivity index (χ3n) is 5.32. The van der Waals surface area contributed by atoms with E-state index in [-0.39, 0.29) is 5.78 Å². The maximum atomic E-state index is 13.2. The molecule has 0 saturated heterocycles. The molecule has 0 bridgehead atoms. The van der Waals surface area contributed by atoms with Crippen molar-refractivity contribution in [2.45, 2.75) is 36.3 Å². The molecule has 4 rings (SSSR count). The molecule has 0 fully saturated rings. The van der Waals surface area contributed by atoms with Gasteiger partial charge in [0.05, 0.1) is 31.8 Å². The molecule has 2 aromatic rings. The molecular formula is C22H19Cl2N3OS2. The van der Waals surface area contributed by atoms with Crippen LogP contribution in [0.3, 0.4) is 0 Å². The maximum absolute atomic E-state index is 13.2. The van der Waals surface area contributed by atoms with Crippen molar-refractivity contribution in [2.24, 2.45) is 5.73 Å². The molecule has 1 aliphatic carbocycles. The number of ketones is 1. The predicted molar refractivity (Wildman–Crippen MR) is 125 cm³/mol. The summed E-state index contributed by atoms with van der Waals surface area (Å²) in [5, 5.41) is 12.9. The number of nitriles is 1. The van der Waals surface area contributed by atoms with Crippen LogP contribution in [0.1, 0.15) is 37.7 Å². The molecule has 1 aliphatic heterocycles. The summed E-state index contributed by atoms with van der Waals surface area (Å²) in [7, 11) is 0. The molecule has 4 nitrogen and oxygen atoms in total. The minimum absolute atomic E-state index is 0.0743. The Morgan fingerprint density at radius 3 is 2.80 bits per heavy atom. The van der Waals surface area contributed by atoms with Crippen molar-refractivity contribution >= 4 is 57.8 Å². The van der Waals surface area contributed by atoms with Crippen LogP contribution >= 0.6 is 46.3 Å². The van der Waals surface area contributed by atoms with E-state index in [9.17, 15) is 10.1 Å². The van der Waals surface area contributed by atoms with Gasteiger partial charge in [0.15, 0.2) is 5.78 Å². The highest BCUT2D eigenvalue weighted by Crippen LogP contribution is 2.49. The van der Waals surface area contributed by atoms with Crippen LogP contribution in [-0.4, -0.2) is 11.5 Å². The van der Waals surface area contributed by atoms with Crippen molar-refractivity contribution in [3.05, 3.63) is 67.9 Å². The van der Waals surface area contributed by atoms with E-state index in [2.05, 4.69) is 13.0 Å². The molecule has 30 heavy (non-hydrogen) atoms. The van der Waals surface area contributed by atoms with Crippen molar-refractivity contribution in [1.82, 2.24) is 0 Å². The molecule has 2 aliphatic rings. The van der Waals surface area contributed by atoms with E-state index in [0.29, 0.717) is 45.5 Å². The Bertz CT molecular complexity index is 1130. The van der Waals surface area contributed by atoms with Crippen LogP contribution in [0.4, 0.5) is 5.69 Å². The first-order chi connectivity index (χ1) is 14.5. The molecule has 0 radical (unpaired) electrons. The van der Waals surface area contributed by atoms with E-state index < -0.39 is 5.92 Å². The summed E-state index contributed by atoms with van der Waals surface area (Å²) < 4.78 is 1.12. The Balaban J connectivity index is 1.96. The first-order valence-electron chi connectivity index (χ1n) is 9.59. The summed E-state index contributed by atoms with van der Waals surface area (Å²) in [6, 6.07) is 9.55. The van der Waals surface area contributed by atoms with Gasteiger partial charge in [-0.1, -0.05) is 30.1 Å². The number of Topliss-reactive ketones (excluding diaryl/α,β-unsaturated/α-hetero) is 1. The van der Waals surface area contributed by atoms with Gasteiger partial charge in [0, 0.05) is 23.4 Å². The van der Waals surface area contributed by atoms with Gasteiger partial charge < -0.3 is 5.73 Å². The van der Waals surface area contributed by atoms with Crippen LogP contribution in [0, 0.1) is 11.3 Å². The zero-order valence-corrected chi connectivity index (χ0v) is 19.4. The SMILES string of the molecule is CCSc1sccc1C1C(C#N)=C(N)N(c2ccc(Cl)c(Cl)c2)C2=C1C(=O)CCC2. The van der Waals surface area contributed by atoms with E-state index >= 15 is 0 Å². The van der Waals surface area contributed by atoms with Gasteiger partial charge in [-0.25, -0.2) is 0 Å². The second-order valence-corrected chi connectivity index (χ2v) is 10.3. The van der Waals surface area contributed by atoms with Crippen LogP contribution in [0.25, 0.3) is 0 Å². The van der Waals surface area contributed by atoms with Gasteiger partial charge in [0.1, 0.15) is 5.82 Å². The monoisotopic (exact) mass is 475 g/mol. The van der Waals surface area contributed by atoms with Crippen molar-refractivity contribution in [2.75, 3.05) is 10.7 Å². The summed E-state index contributed by atoms with van der Waals surface area (Å²) in [6.07, 6.45) is 1.93. The summed E-state index contributed by atoms with van der Waals surface area (Å²) in [5.74, 6) is 0.895. The number of benzene rings is 1. The number of anilines is 1. The van der Waals surface area contributed by atoms with Crippen LogP contribution in [0.5, 0.6) is 0 Å². The first-order valence-corrected chi connectivity index (χ1v) is 12.2. The molecule has 2 heterocycles. The van der Waals surface area contributed by atoms with Gasteiger partial charge in [-0.2, -0.15) is 5.26 Å². The molecular weight excluding hydrogens is 457 g/mol. The molecule has 154 valence electrons. The third kappa shape index (κ3) is 3.54. The van der Waals surface area contributed by atoms with Gasteiger partial charge in [-0.15, -0.1) is 23.1 Å². The fourth-order valence-corrected chi connectivity index (χ4v) is 6.44. The molecule has 0 amide bonds. The first kappa shape index (κ1) is 21.3. The molecule has 0 saturated carbocycles. The molecule has 1 atom stereocenters. The Morgan fingerprint density at radius 1 is 1.30 bits per heavy atom. The molecule has 2 N–H and O–H groups in total. The summed E-state index contributed by atoms with van der Waals surface area (Å²) >= 11 is 15.7. The number of carbonyl (C=O) groups is 1. The predicted octanol–water partition coefficient (Wildman–Crippen LogP) is 6.47. The number of rotatable bonds is 4. The summed E-state index contributed by atoms with van der Waals surface area (Å²) in [6.45, 7) is 2.09. The van der Waals surface area contributed by atoms with Gasteiger partial charge in [-0.3, -0.25) is 9.69 Å². The van der Waals surface area contributed by atoms with E-state index in [4.69, 9.17) is 28.9 Å². The highest BCUT2D eigenvalue weighted by atomic mass is 35.5. The second kappa shape index (κ2) is 8.68. The van der Waals surface area contributed by atoms with E-state index in [1.165, 1.54) is 0 Å². The minimum Gasteiger partial charge on any atom is -0.384 e. The van der Waals surface area contributed by atoms with Gasteiger partial charge in [0.25, 0.3) is 0 Å². The van der Waals surface area contributed by atoms with Crippen LogP contribution in [0.15, 0.2) is 56.5 Å². The lowest BCUT2D eigenvalue weighted by molar-refractivity contribution is -0.116. The van der Waals surface area contributed by atoms with Crippen molar-refractivity contribution in [3.63, 3.8) is 0 Å². The lowest BCUT2D eigenvalue weighted by Gasteiger charge is -2.39. The average molecular weight is 476 g/mol. The van der Waals surface area contributed by atoms with Crippen LogP contribution in [-0.2, 0) is 4.79 Å². The topological polar surface area (TPSA) is 70.1 Å². The Labute approximate surface area is 194 Å². The Hall–Kier alpha value is -1.91. The zero-order chi connectivity index (χ0) is 21.4. The fourth-order valence-electron chi connectivity index (χ4n) is 4.08. The second-order valence-electron chi connectivity index (χ2n) is 7.01. The van der Waals surface area contributed by atoms with E-state index in [1.807, 2.05) is 22.4 Å². The van der Waals surface area contributed by atoms with Crippen molar-refractivity contribution in [1.29, 1.82) is 5.26 Å². The standard InChI is InChI=1S/C22H19Cl2N3OS2/c1-2-29-22-13(8-9-30-22)19-14(11-25)21(26)27(12-6-7-15(23)16(24)10-12)17-4-3-5-18(28)20(17)19/h6-10,19H,2-5,26H2,1H3. The van der Waals surface area contributed by atoms with E-state index in [0.717, 1.165) is 27.6 Å². The normalized spacial score (nSPS) is 19.2. The van der Waals surface area contributed by atoms with Crippen LogP contribution in [0.2, 0.25) is 10.0 Å². The van der Waals surface area contributed by atoms with Gasteiger partial charge in [0.2, 0.25) is 0 Å². The number of nitrogens with two attached hydrogens (primary N) is 1. The van der Waals surface area contributed by atoms with Gasteiger partial charge >= 0.3 is 0 Å². The number of thiophene rings is 1. The fraction of sp³-hybridized carbons (Fsp3) is 0.273. The van der Waals surface area contributed by atoms with Gasteiger partial charge in [-0.05, 0) is 53.8 Å². The van der Waals surface area contributed by atoms with Crippen molar-refractivity contribution in [3.8, 4) is 6.07 Å². The summed E-state index contributed by atoms with van der Waals surface area (Å²) in [4.78, 5) is 15.0. The number of hydrogen-bond donors (Lipinski definition) is 1. The van der Waals surface area contributed by atoms with Crippen LogP contribution < -0.4 is 10.6 Å². The lowest BCUT2D eigenvalue weighted by atomic mass is 9.76. The maximum Gasteiger partial charge on any atom is 0.161 e. The minimum atomic E-state index is -0.433. The molecule has 1 aromatic carbocycles. The smallest absolute Gasteiger partial charge is 0.161 e. The number of thioether (sulfide) groups is 1. The lowest BCUT2D eigenvalue weighted by Crippen LogP contribution is -2.38.